The quantitative estimate of drug-likeness (QED) is 0.916. The molecule has 20 heavy (non-hydrogen) atoms. The summed E-state index contributed by atoms with van der Waals surface area (Å²) >= 11 is 7.57. The van der Waals surface area contributed by atoms with E-state index in [0.29, 0.717) is 18.8 Å². The summed E-state index contributed by atoms with van der Waals surface area (Å²) in [5.41, 5.74) is 5.53. The van der Waals surface area contributed by atoms with E-state index < -0.39 is 15.8 Å². The van der Waals surface area contributed by atoms with Crippen molar-refractivity contribution in [3.8, 4) is 0 Å². The Morgan fingerprint density at radius 1 is 1.55 bits per heavy atom. The normalized spacial score (nSPS) is 21.1. The van der Waals surface area contributed by atoms with Crippen LogP contribution in [0.3, 0.4) is 0 Å². The predicted octanol–water partition coefficient (Wildman–Crippen LogP) is 2.06. The SMILES string of the molecule is CC1CN(S(=O)(=O)c2cc(Cl)cc(CN)c2F)CCS1. The van der Waals surface area contributed by atoms with E-state index in [0.717, 1.165) is 6.07 Å². The molecule has 0 saturated carbocycles. The largest absolute Gasteiger partial charge is 0.326 e. The third kappa shape index (κ3) is 3.12. The Morgan fingerprint density at radius 3 is 2.85 bits per heavy atom. The van der Waals surface area contributed by atoms with Crippen molar-refractivity contribution in [2.24, 2.45) is 5.73 Å². The molecular weight excluding hydrogens is 323 g/mol. The zero-order chi connectivity index (χ0) is 14.9. The van der Waals surface area contributed by atoms with Gasteiger partial charge in [0.1, 0.15) is 10.7 Å². The Morgan fingerprint density at radius 2 is 2.25 bits per heavy atom. The van der Waals surface area contributed by atoms with Gasteiger partial charge in [-0.1, -0.05) is 18.5 Å². The van der Waals surface area contributed by atoms with Gasteiger partial charge in [0.15, 0.2) is 0 Å². The highest BCUT2D eigenvalue weighted by molar-refractivity contribution is 8.00. The van der Waals surface area contributed by atoms with Crippen LogP contribution in [0.4, 0.5) is 4.39 Å². The molecule has 0 amide bonds. The number of benzene rings is 1. The molecule has 1 aliphatic heterocycles. The molecule has 112 valence electrons. The van der Waals surface area contributed by atoms with E-state index in [4.69, 9.17) is 17.3 Å². The number of sulfonamides is 1. The Kier molecular flexibility index (Phi) is 4.96. The van der Waals surface area contributed by atoms with Gasteiger partial charge in [0.25, 0.3) is 0 Å². The standard InChI is InChI=1S/C12H16ClFN2O2S2/c1-8-7-16(2-3-19-8)20(17,18)11-5-10(13)4-9(6-15)12(11)14/h4-5,8H,2-3,6-7,15H2,1H3. The minimum Gasteiger partial charge on any atom is -0.326 e. The summed E-state index contributed by atoms with van der Waals surface area (Å²) in [4.78, 5) is -0.385. The Labute approximate surface area is 127 Å². The first kappa shape index (κ1) is 16.0. The van der Waals surface area contributed by atoms with Crippen molar-refractivity contribution in [2.75, 3.05) is 18.8 Å². The van der Waals surface area contributed by atoms with Crippen LogP contribution < -0.4 is 5.73 Å². The third-order valence-electron chi connectivity index (χ3n) is 3.12. The number of hydrogen-bond donors (Lipinski definition) is 1. The average Bonchev–Trinajstić information content (AvgIpc) is 2.40. The molecule has 2 rings (SSSR count). The molecule has 1 aromatic carbocycles. The maximum Gasteiger partial charge on any atom is 0.246 e. The van der Waals surface area contributed by atoms with Crippen molar-refractivity contribution in [1.29, 1.82) is 0 Å². The molecule has 4 nitrogen and oxygen atoms in total. The Hall–Kier alpha value is -0.340. The second-order valence-corrected chi connectivity index (χ2v) is 8.51. The van der Waals surface area contributed by atoms with Crippen LogP contribution in [-0.2, 0) is 16.6 Å². The summed E-state index contributed by atoms with van der Waals surface area (Å²) in [7, 11) is -3.88. The van der Waals surface area contributed by atoms with Gasteiger partial charge in [0.2, 0.25) is 10.0 Å². The molecule has 0 spiro atoms. The van der Waals surface area contributed by atoms with Crippen molar-refractivity contribution < 1.29 is 12.8 Å². The van der Waals surface area contributed by atoms with Crippen LogP contribution >= 0.6 is 23.4 Å². The molecule has 1 heterocycles. The van der Waals surface area contributed by atoms with E-state index in [2.05, 4.69) is 0 Å². The number of nitrogens with zero attached hydrogens (tertiary/aromatic N) is 1. The van der Waals surface area contributed by atoms with Gasteiger partial charge >= 0.3 is 0 Å². The van der Waals surface area contributed by atoms with Crippen LogP contribution in [0.15, 0.2) is 17.0 Å². The smallest absolute Gasteiger partial charge is 0.246 e. The van der Waals surface area contributed by atoms with E-state index in [1.165, 1.54) is 10.4 Å². The van der Waals surface area contributed by atoms with Gasteiger partial charge in [0.05, 0.1) is 0 Å². The second-order valence-electron chi connectivity index (χ2n) is 4.63. The highest BCUT2D eigenvalue weighted by atomic mass is 35.5. The van der Waals surface area contributed by atoms with E-state index in [9.17, 15) is 12.8 Å². The highest BCUT2D eigenvalue weighted by Crippen LogP contribution is 2.29. The van der Waals surface area contributed by atoms with Crippen molar-refractivity contribution in [3.05, 3.63) is 28.5 Å². The van der Waals surface area contributed by atoms with Crippen molar-refractivity contribution in [3.63, 3.8) is 0 Å². The zero-order valence-electron chi connectivity index (χ0n) is 11.0. The lowest BCUT2D eigenvalue weighted by atomic mass is 10.2. The van der Waals surface area contributed by atoms with Gasteiger partial charge in [-0.25, -0.2) is 12.8 Å². The first-order chi connectivity index (χ1) is 9.36. The summed E-state index contributed by atoms with van der Waals surface area (Å²) in [6.07, 6.45) is 0. The second kappa shape index (κ2) is 6.19. The molecule has 1 aromatic rings. The van der Waals surface area contributed by atoms with Crippen LogP contribution in [0.5, 0.6) is 0 Å². The van der Waals surface area contributed by atoms with Crippen LogP contribution in [0, 0.1) is 5.82 Å². The topological polar surface area (TPSA) is 63.4 Å². The fourth-order valence-corrected chi connectivity index (χ4v) is 5.29. The molecule has 1 saturated heterocycles. The lowest BCUT2D eigenvalue weighted by Gasteiger charge is -2.30. The van der Waals surface area contributed by atoms with Crippen molar-refractivity contribution >= 4 is 33.4 Å². The van der Waals surface area contributed by atoms with Gasteiger partial charge in [0, 0.05) is 41.2 Å². The van der Waals surface area contributed by atoms with Gasteiger partial charge in [-0.2, -0.15) is 16.1 Å². The van der Waals surface area contributed by atoms with Crippen molar-refractivity contribution in [2.45, 2.75) is 23.6 Å². The zero-order valence-corrected chi connectivity index (χ0v) is 13.4. The fourth-order valence-electron chi connectivity index (χ4n) is 2.10. The summed E-state index contributed by atoms with van der Waals surface area (Å²) in [6.45, 7) is 2.60. The highest BCUT2D eigenvalue weighted by Gasteiger charge is 2.32. The van der Waals surface area contributed by atoms with Crippen LogP contribution in [0.1, 0.15) is 12.5 Å². The van der Waals surface area contributed by atoms with Gasteiger partial charge in [-0.3, -0.25) is 0 Å². The molecular formula is C12H16ClFN2O2S2. The molecule has 0 bridgehead atoms. The van der Waals surface area contributed by atoms with E-state index in [1.54, 1.807) is 11.8 Å². The number of halogens is 2. The maximum absolute atomic E-state index is 14.3. The number of rotatable bonds is 3. The summed E-state index contributed by atoms with van der Waals surface area (Å²) in [5, 5.41) is 0.361. The minimum atomic E-state index is -3.88. The number of hydrogen-bond acceptors (Lipinski definition) is 4. The van der Waals surface area contributed by atoms with Crippen LogP contribution in [0.25, 0.3) is 0 Å². The molecule has 1 unspecified atom stereocenters. The minimum absolute atomic E-state index is 0.0961. The molecule has 0 aromatic heterocycles. The van der Waals surface area contributed by atoms with Crippen LogP contribution in [-0.4, -0.2) is 36.8 Å². The Bertz CT molecular complexity index is 610. The Balaban J connectivity index is 2.46. The summed E-state index contributed by atoms with van der Waals surface area (Å²) < 4.78 is 40.7. The van der Waals surface area contributed by atoms with Gasteiger partial charge in [-0.15, -0.1) is 0 Å². The monoisotopic (exact) mass is 338 g/mol. The lowest BCUT2D eigenvalue weighted by molar-refractivity contribution is 0.419. The third-order valence-corrected chi connectivity index (χ3v) is 6.34. The average molecular weight is 339 g/mol. The summed E-state index contributed by atoms with van der Waals surface area (Å²) in [5.74, 6) is -0.102. The lowest BCUT2D eigenvalue weighted by Crippen LogP contribution is -2.41. The van der Waals surface area contributed by atoms with Gasteiger partial charge < -0.3 is 5.73 Å². The van der Waals surface area contributed by atoms with Crippen LogP contribution in [0.2, 0.25) is 5.02 Å². The maximum atomic E-state index is 14.3. The van der Waals surface area contributed by atoms with E-state index in [-0.39, 0.29) is 27.3 Å². The van der Waals surface area contributed by atoms with Crippen molar-refractivity contribution in [1.82, 2.24) is 4.31 Å². The number of nitrogens with two attached hydrogens (primary N) is 1. The fraction of sp³-hybridized carbons (Fsp3) is 0.500. The molecule has 0 aliphatic carbocycles. The molecule has 2 N–H and O–H groups in total. The van der Waals surface area contributed by atoms with E-state index >= 15 is 0 Å². The molecule has 1 atom stereocenters. The molecule has 0 radical (unpaired) electrons. The molecule has 1 aliphatic rings. The first-order valence-corrected chi connectivity index (χ1v) is 9.02. The first-order valence-electron chi connectivity index (χ1n) is 6.16. The summed E-state index contributed by atoms with van der Waals surface area (Å²) in [6, 6.07) is 2.50. The van der Waals surface area contributed by atoms with Gasteiger partial charge in [-0.05, 0) is 12.1 Å². The molecule has 8 heteroatoms. The molecule has 1 fully saturated rings. The number of thioether (sulfide) groups is 1. The van der Waals surface area contributed by atoms with E-state index in [1.807, 2.05) is 6.92 Å². The predicted molar refractivity (Wildman–Crippen MR) is 80.0 cm³/mol.